The third-order valence-electron chi connectivity index (χ3n) is 3.82. The van der Waals surface area contributed by atoms with Gasteiger partial charge in [0.05, 0.1) is 5.69 Å². The van der Waals surface area contributed by atoms with Crippen LogP contribution in [0.15, 0.2) is 0 Å². The van der Waals surface area contributed by atoms with Crippen LogP contribution in [0.5, 0.6) is 0 Å². The molecule has 4 heteroatoms. The lowest BCUT2D eigenvalue weighted by Gasteiger charge is -2.25. The first-order valence-corrected chi connectivity index (χ1v) is 6.34. The van der Waals surface area contributed by atoms with Gasteiger partial charge in [-0.15, -0.1) is 5.10 Å². The van der Waals surface area contributed by atoms with Crippen LogP contribution in [0.4, 0.5) is 5.82 Å². The van der Waals surface area contributed by atoms with Crippen molar-refractivity contribution in [2.24, 2.45) is 11.7 Å². The molecule has 0 aromatic carbocycles. The average Bonchev–Trinajstić information content (AvgIpc) is 2.61. The summed E-state index contributed by atoms with van der Waals surface area (Å²) in [5.74, 6) is 1.71. The summed E-state index contributed by atoms with van der Waals surface area (Å²) in [5.41, 5.74) is 9.19. The zero-order valence-electron chi connectivity index (χ0n) is 11.2. The van der Waals surface area contributed by atoms with E-state index in [-0.39, 0.29) is 0 Å². The Kier molecular flexibility index (Phi) is 3.33. The normalized spacial score (nSPS) is 24.4. The summed E-state index contributed by atoms with van der Waals surface area (Å²) in [5, 5.41) is 8.62. The molecule has 1 aliphatic heterocycles. The van der Waals surface area contributed by atoms with E-state index < -0.39 is 0 Å². The van der Waals surface area contributed by atoms with Gasteiger partial charge in [0.15, 0.2) is 5.82 Å². The van der Waals surface area contributed by atoms with Crippen LogP contribution in [-0.4, -0.2) is 22.8 Å². The second kappa shape index (κ2) is 4.61. The minimum Gasteiger partial charge on any atom is -0.352 e. The fourth-order valence-corrected chi connectivity index (χ4v) is 2.71. The van der Waals surface area contributed by atoms with Crippen LogP contribution in [0.25, 0.3) is 0 Å². The predicted molar refractivity (Wildman–Crippen MR) is 70.0 cm³/mol. The number of anilines is 1. The highest BCUT2D eigenvalue weighted by Crippen LogP contribution is 2.30. The Morgan fingerprint density at radius 3 is 2.53 bits per heavy atom. The van der Waals surface area contributed by atoms with Gasteiger partial charge in [0.2, 0.25) is 0 Å². The molecule has 0 saturated carbocycles. The van der Waals surface area contributed by atoms with E-state index in [1.165, 1.54) is 12.0 Å². The van der Waals surface area contributed by atoms with Gasteiger partial charge in [-0.2, -0.15) is 5.10 Å². The highest BCUT2D eigenvalue weighted by Gasteiger charge is 2.29. The van der Waals surface area contributed by atoms with E-state index in [1.54, 1.807) is 0 Å². The Morgan fingerprint density at radius 2 is 2.00 bits per heavy atom. The highest BCUT2D eigenvalue weighted by molar-refractivity contribution is 5.52. The number of aromatic nitrogens is 2. The van der Waals surface area contributed by atoms with E-state index in [4.69, 9.17) is 5.73 Å². The van der Waals surface area contributed by atoms with Gasteiger partial charge < -0.3 is 10.6 Å². The first-order valence-electron chi connectivity index (χ1n) is 6.34. The summed E-state index contributed by atoms with van der Waals surface area (Å²) in [4.78, 5) is 2.35. The van der Waals surface area contributed by atoms with Gasteiger partial charge in [-0.1, -0.05) is 6.92 Å². The highest BCUT2D eigenvalue weighted by atomic mass is 15.3. The second-order valence-electron chi connectivity index (χ2n) is 5.26. The summed E-state index contributed by atoms with van der Waals surface area (Å²) < 4.78 is 0. The van der Waals surface area contributed by atoms with Crippen LogP contribution in [0.1, 0.15) is 37.1 Å². The lowest BCUT2D eigenvalue weighted by molar-refractivity contribution is 0.624. The van der Waals surface area contributed by atoms with Gasteiger partial charge >= 0.3 is 0 Å². The summed E-state index contributed by atoms with van der Waals surface area (Å²) in [6.07, 6.45) is 1.22. The maximum atomic E-state index is 5.87. The minimum atomic E-state index is 0.534. The zero-order chi connectivity index (χ0) is 12.6. The molecule has 0 aliphatic carbocycles. The Labute approximate surface area is 103 Å². The number of nitrogens with two attached hydrogens (primary N) is 1. The third kappa shape index (κ3) is 2.14. The summed E-state index contributed by atoms with van der Waals surface area (Å²) >= 11 is 0. The van der Waals surface area contributed by atoms with Crippen molar-refractivity contribution in [2.45, 2.75) is 46.7 Å². The molecule has 1 aromatic rings. The van der Waals surface area contributed by atoms with Crippen LogP contribution in [0.3, 0.4) is 0 Å². The Hall–Kier alpha value is -1.16. The van der Waals surface area contributed by atoms with Gasteiger partial charge in [-0.25, -0.2) is 0 Å². The van der Waals surface area contributed by atoms with Gasteiger partial charge in [0.1, 0.15) is 0 Å². The van der Waals surface area contributed by atoms with Crippen molar-refractivity contribution in [3.8, 4) is 0 Å². The predicted octanol–water partition coefficient (Wildman–Crippen LogP) is 1.79. The standard InChI is InChI=1S/C13H22N4/c1-8-5-9(2)17(7-8)13-12(6-14)10(3)11(4)15-16-13/h8-9H,5-7,14H2,1-4H3. The first-order chi connectivity index (χ1) is 8.04. The lowest BCUT2D eigenvalue weighted by atomic mass is 10.1. The molecule has 0 spiro atoms. The third-order valence-corrected chi connectivity index (χ3v) is 3.82. The summed E-state index contributed by atoms with van der Waals surface area (Å²) in [7, 11) is 0. The monoisotopic (exact) mass is 234 g/mol. The number of nitrogens with zero attached hydrogens (tertiary/aromatic N) is 3. The molecular formula is C13H22N4. The van der Waals surface area contributed by atoms with Crippen molar-refractivity contribution >= 4 is 5.82 Å². The largest absolute Gasteiger partial charge is 0.352 e. The van der Waals surface area contributed by atoms with Gasteiger partial charge in [-0.05, 0) is 38.7 Å². The number of hydrogen-bond donors (Lipinski definition) is 1. The van der Waals surface area contributed by atoms with E-state index in [0.717, 1.165) is 29.5 Å². The molecule has 2 atom stereocenters. The van der Waals surface area contributed by atoms with Crippen LogP contribution >= 0.6 is 0 Å². The van der Waals surface area contributed by atoms with Crippen LogP contribution in [0, 0.1) is 19.8 Å². The fraction of sp³-hybridized carbons (Fsp3) is 0.692. The van der Waals surface area contributed by atoms with E-state index in [2.05, 4.69) is 35.9 Å². The van der Waals surface area contributed by atoms with Crippen molar-refractivity contribution in [3.05, 3.63) is 16.8 Å². The topological polar surface area (TPSA) is 55.0 Å². The second-order valence-corrected chi connectivity index (χ2v) is 5.26. The quantitative estimate of drug-likeness (QED) is 0.847. The fourth-order valence-electron chi connectivity index (χ4n) is 2.71. The molecular weight excluding hydrogens is 212 g/mol. The molecule has 1 aliphatic rings. The van der Waals surface area contributed by atoms with Crippen LogP contribution < -0.4 is 10.6 Å². The molecule has 2 heterocycles. The first kappa shape index (κ1) is 12.3. The number of rotatable bonds is 2. The molecule has 1 fully saturated rings. The molecule has 0 amide bonds. The average molecular weight is 234 g/mol. The van der Waals surface area contributed by atoms with Crippen LogP contribution in [0.2, 0.25) is 0 Å². The summed E-state index contributed by atoms with van der Waals surface area (Å²) in [6, 6.07) is 0.534. The van der Waals surface area contributed by atoms with E-state index in [9.17, 15) is 0 Å². The Morgan fingerprint density at radius 1 is 1.29 bits per heavy atom. The molecule has 2 N–H and O–H groups in total. The molecule has 0 radical (unpaired) electrons. The molecule has 1 saturated heterocycles. The van der Waals surface area contributed by atoms with Gasteiger partial charge in [0, 0.05) is 24.7 Å². The minimum absolute atomic E-state index is 0.534. The van der Waals surface area contributed by atoms with Crippen molar-refractivity contribution < 1.29 is 0 Å². The maximum absolute atomic E-state index is 5.87. The Bertz CT molecular complexity index is 416. The summed E-state index contributed by atoms with van der Waals surface area (Å²) in [6.45, 7) is 10.2. The zero-order valence-corrected chi connectivity index (χ0v) is 11.2. The van der Waals surface area contributed by atoms with E-state index >= 15 is 0 Å². The molecule has 94 valence electrons. The van der Waals surface area contributed by atoms with Gasteiger partial charge in [0.25, 0.3) is 0 Å². The number of aryl methyl sites for hydroxylation is 1. The van der Waals surface area contributed by atoms with Crippen molar-refractivity contribution in [3.63, 3.8) is 0 Å². The van der Waals surface area contributed by atoms with Gasteiger partial charge in [-0.3, -0.25) is 0 Å². The number of hydrogen-bond acceptors (Lipinski definition) is 4. The molecule has 2 unspecified atom stereocenters. The molecule has 17 heavy (non-hydrogen) atoms. The Balaban J connectivity index is 2.42. The molecule has 1 aromatic heterocycles. The smallest absolute Gasteiger partial charge is 0.156 e. The SMILES string of the molecule is Cc1nnc(N2CC(C)CC2C)c(CN)c1C. The van der Waals surface area contributed by atoms with Crippen molar-refractivity contribution in [1.82, 2.24) is 10.2 Å². The van der Waals surface area contributed by atoms with Crippen LogP contribution in [-0.2, 0) is 6.54 Å². The molecule has 2 rings (SSSR count). The molecule has 4 nitrogen and oxygen atoms in total. The maximum Gasteiger partial charge on any atom is 0.156 e. The van der Waals surface area contributed by atoms with Crippen molar-refractivity contribution in [2.75, 3.05) is 11.4 Å². The molecule has 0 bridgehead atoms. The van der Waals surface area contributed by atoms with E-state index in [0.29, 0.717) is 12.6 Å². The van der Waals surface area contributed by atoms with E-state index in [1.807, 2.05) is 6.92 Å². The lowest BCUT2D eigenvalue weighted by Crippen LogP contribution is -2.30. The van der Waals surface area contributed by atoms with Crippen molar-refractivity contribution in [1.29, 1.82) is 0 Å².